The highest BCUT2D eigenvalue weighted by Gasteiger charge is 2.22. The number of amides is 2. The monoisotopic (exact) mass is 329 g/mol. The zero-order valence-electron chi connectivity index (χ0n) is 13.9. The largest absolute Gasteiger partial charge is 0.349 e. The van der Waals surface area contributed by atoms with Crippen LogP contribution in [0.2, 0.25) is 0 Å². The third-order valence-corrected chi connectivity index (χ3v) is 4.54. The molecule has 24 heavy (non-hydrogen) atoms. The minimum atomic E-state index is -0.122. The highest BCUT2D eigenvalue weighted by Crippen LogP contribution is 2.16. The Morgan fingerprint density at radius 2 is 1.96 bits per heavy atom. The minimum Gasteiger partial charge on any atom is -0.349 e. The lowest BCUT2D eigenvalue weighted by atomic mass is 10.1. The lowest BCUT2D eigenvalue weighted by molar-refractivity contribution is -0.886. The fraction of sp³-hybridized carbons (Fsp3) is 0.444. The lowest BCUT2D eigenvalue weighted by Gasteiger charge is -2.28. The van der Waals surface area contributed by atoms with Crippen molar-refractivity contribution in [2.75, 3.05) is 32.7 Å². The smallest absolute Gasteiger partial charge is 0.245 e. The molecule has 0 radical (unpaired) electrons. The molecular formula is C18H25N4O2+. The molecule has 0 spiro atoms. The molecule has 2 heterocycles. The molecule has 0 atom stereocenters. The number of carbonyl (C=O) groups excluding carboxylic acids is 2. The predicted molar refractivity (Wildman–Crippen MR) is 91.7 cm³/mol. The van der Waals surface area contributed by atoms with Crippen LogP contribution in [0, 0.1) is 0 Å². The SMILES string of the molecule is O=C(CN1NC(c2ccccc2)=CCC1=O)NCC[NH+]1CCCC1. The standard InChI is InChI=1S/C18H24N4O2/c23-17(19-10-13-21-11-4-5-12-21)14-22-18(24)9-8-16(20-22)15-6-2-1-3-7-15/h1-3,6-8,20H,4-5,9-14H2,(H,19,23)/p+1. The zero-order chi connectivity index (χ0) is 16.8. The van der Waals surface area contributed by atoms with E-state index in [1.165, 1.54) is 30.9 Å². The van der Waals surface area contributed by atoms with Crippen LogP contribution in [0.25, 0.3) is 5.70 Å². The van der Waals surface area contributed by atoms with Gasteiger partial charge in [-0.3, -0.25) is 15.0 Å². The van der Waals surface area contributed by atoms with E-state index in [9.17, 15) is 9.59 Å². The molecule has 6 heteroatoms. The molecule has 1 aromatic rings. The molecule has 2 aliphatic rings. The number of carbonyl (C=O) groups is 2. The summed E-state index contributed by atoms with van der Waals surface area (Å²) in [6.45, 7) is 4.07. The normalized spacial score (nSPS) is 18.2. The highest BCUT2D eigenvalue weighted by molar-refractivity contribution is 5.88. The van der Waals surface area contributed by atoms with E-state index in [1.807, 2.05) is 36.4 Å². The van der Waals surface area contributed by atoms with Gasteiger partial charge in [0.2, 0.25) is 11.8 Å². The van der Waals surface area contributed by atoms with Crippen molar-refractivity contribution in [3.8, 4) is 0 Å². The summed E-state index contributed by atoms with van der Waals surface area (Å²) >= 11 is 0. The van der Waals surface area contributed by atoms with Gasteiger partial charge < -0.3 is 10.2 Å². The zero-order valence-corrected chi connectivity index (χ0v) is 13.9. The van der Waals surface area contributed by atoms with Gasteiger partial charge in [0.15, 0.2) is 0 Å². The fourth-order valence-electron chi connectivity index (χ4n) is 3.18. The Balaban J connectivity index is 1.48. The quantitative estimate of drug-likeness (QED) is 0.663. The number of likely N-dealkylation sites (tertiary alicyclic amines) is 1. The Kier molecular flexibility index (Phi) is 5.48. The van der Waals surface area contributed by atoms with E-state index < -0.39 is 0 Å². The molecule has 0 saturated carbocycles. The van der Waals surface area contributed by atoms with Crippen molar-refractivity contribution < 1.29 is 14.5 Å². The number of hydrogen-bond donors (Lipinski definition) is 3. The first-order valence-electron chi connectivity index (χ1n) is 8.65. The van der Waals surface area contributed by atoms with Gasteiger partial charge in [-0.1, -0.05) is 30.3 Å². The number of nitrogens with one attached hydrogen (secondary N) is 3. The van der Waals surface area contributed by atoms with Crippen molar-refractivity contribution in [3.05, 3.63) is 42.0 Å². The maximum atomic E-state index is 12.1. The molecule has 1 saturated heterocycles. The Bertz CT molecular complexity index is 609. The van der Waals surface area contributed by atoms with Crippen molar-refractivity contribution in [2.45, 2.75) is 19.3 Å². The average Bonchev–Trinajstić information content (AvgIpc) is 3.11. The van der Waals surface area contributed by atoms with E-state index in [0.29, 0.717) is 13.0 Å². The van der Waals surface area contributed by atoms with Crippen LogP contribution >= 0.6 is 0 Å². The summed E-state index contributed by atoms with van der Waals surface area (Å²) < 4.78 is 0. The van der Waals surface area contributed by atoms with Crippen molar-refractivity contribution in [1.29, 1.82) is 0 Å². The van der Waals surface area contributed by atoms with E-state index in [-0.39, 0.29) is 18.4 Å². The van der Waals surface area contributed by atoms with Crippen LogP contribution in [-0.4, -0.2) is 49.5 Å². The Morgan fingerprint density at radius 3 is 2.71 bits per heavy atom. The Morgan fingerprint density at radius 1 is 1.21 bits per heavy atom. The molecule has 2 amide bonds. The lowest BCUT2D eigenvalue weighted by Crippen LogP contribution is -3.10. The number of nitrogens with zero attached hydrogens (tertiary/aromatic N) is 1. The van der Waals surface area contributed by atoms with Gasteiger partial charge in [-0.25, -0.2) is 5.01 Å². The van der Waals surface area contributed by atoms with Crippen LogP contribution in [0.5, 0.6) is 0 Å². The third kappa shape index (κ3) is 4.35. The molecule has 1 aromatic carbocycles. The maximum Gasteiger partial charge on any atom is 0.245 e. The fourth-order valence-corrected chi connectivity index (χ4v) is 3.18. The first-order valence-corrected chi connectivity index (χ1v) is 8.65. The maximum absolute atomic E-state index is 12.1. The van der Waals surface area contributed by atoms with Crippen LogP contribution < -0.4 is 15.6 Å². The summed E-state index contributed by atoms with van der Waals surface area (Å²) in [5, 5.41) is 4.32. The summed E-state index contributed by atoms with van der Waals surface area (Å²) in [5.74, 6) is -0.209. The molecule has 1 fully saturated rings. The van der Waals surface area contributed by atoms with Gasteiger partial charge in [0.25, 0.3) is 0 Å². The van der Waals surface area contributed by atoms with Crippen LogP contribution in [-0.2, 0) is 9.59 Å². The second-order valence-electron chi connectivity index (χ2n) is 6.34. The summed E-state index contributed by atoms with van der Waals surface area (Å²) in [7, 11) is 0. The number of hydrazine groups is 1. The summed E-state index contributed by atoms with van der Waals surface area (Å²) in [6.07, 6.45) is 4.74. The van der Waals surface area contributed by atoms with Gasteiger partial charge in [-0.15, -0.1) is 0 Å². The Hall–Kier alpha value is -2.34. The molecule has 128 valence electrons. The molecular weight excluding hydrogens is 304 g/mol. The van der Waals surface area contributed by atoms with E-state index in [2.05, 4.69) is 10.7 Å². The first-order chi connectivity index (χ1) is 11.7. The molecule has 6 nitrogen and oxygen atoms in total. The number of hydrogen-bond acceptors (Lipinski definition) is 3. The molecule has 0 unspecified atom stereocenters. The topological polar surface area (TPSA) is 65.9 Å². The number of quaternary nitrogens is 1. The second kappa shape index (κ2) is 7.97. The van der Waals surface area contributed by atoms with Gasteiger partial charge in [0.1, 0.15) is 6.54 Å². The van der Waals surface area contributed by atoms with Gasteiger partial charge in [-0.2, -0.15) is 0 Å². The minimum absolute atomic E-state index is 0.0400. The van der Waals surface area contributed by atoms with Gasteiger partial charge in [-0.05, 0) is 11.6 Å². The van der Waals surface area contributed by atoms with Crippen molar-refractivity contribution in [2.24, 2.45) is 0 Å². The van der Waals surface area contributed by atoms with E-state index in [4.69, 9.17) is 0 Å². The number of rotatable bonds is 6. The Labute approximate surface area is 142 Å². The van der Waals surface area contributed by atoms with Crippen LogP contribution in [0.3, 0.4) is 0 Å². The third-order valence-electron chi connectivity index (χ3n) is 4.54. The van der Waals surface area contributed by atoms with Crippen LogP contribution in [0.1, 0.15) is 24.8 Å². The van der Waals surface area contributed by atoms with Crippen molar-refractivity contribution in [1.82, 2.24) is 15.8 Å². The second-order valence-corrected chi connectivity index (χ2v) is 6.34. The average molecular weight is 329 g/mol. The summed E-state index contributed by atoms with van der Waals surface area (Å²) in [6, 6.07) is 9.81. The van der Waals surface area contributed by atoms with Crippen molar-refractivity contribution >= 4 is 17.5 Å². The van der Waals surface area contributed by atoms with Gasteiger partial charge in [0, 0.05) is 19.3 Å². The molecule has 0 aromatic heterocycles. The van der Waals surface area contributed by atoms with Crippen LogP contribution in [0.15, 0.2) is 36.4 Å². The molecule has 3 rings (SSSR count). The molecule has 0 aliphatic carbocycles. The first kappa shape index (κ1) is 16.5. The molecule has 0 bridgehead atoms. The van der Waals surface area contributed by atoms with Gasteiger partial charge in [0.05, 0.1) is 31.9 Å². The van der Waals surface area contributed by atoms with Gasteiger partial charge >= 0.3 is 0 Å². The predicted octanol–water partition coefficient (Wildman–Crippen LogP) is -0.441. The van der Waals surface area contributed by atoms with E-state index >= 15 is 0 Å². The highest BCUT2D eigenvalue weighted by atomic mass is 16.2. The number of benzene rings is 1. The molecule has 2 aliphatic heterocycles. The summed E-state index contributed by atoms with van der Waals surface area (Å²) in [5.41, 5.74) is 4.93. The van der Waals surface area contributed by atoms with E-state index in [1.54, 1.807) is 4.90 Å². The summed E-state index contributed by atoms with van der Waals surface area (Å²) in [4.78, 5) is 25.7. The van der Waals surface area contributed by atoms with Crippen LogP contribution in [0.4, 0.5) is 0 Å². The van der Waals surface area contributed by atoms with E-state index in [0.717, 1.165) is 17.8 Å². The molecule has 3 N–H and O–H groups in total. The van der Waals surface area contributed by atoms with Crippen molar-refractivity contribution in [3.63, 3.8) is 0 Å².